The van der Waals surface area contributed by atoms with Crippen LogP contribution in [0.1, 0.15) is 0 Å². The van der Waals surface area contributed by atoms with E-state index in [1.165, 1.54) is 0 Å². The van der Waals surface area contributed by atoms with Crippen molar-refractivity contribution >= 4 is 23.2 Å². The van der Waals surface area contributed by atoms with E-state index in [1.807, 2.05) is 36.4 Å². The second-order valence-corrected chi connectivity index (χ2v) is 3.73. The van der Waals surface area contributed by atoms with Crippen LogP contribution in [0, 0.1) is 6.07 Å². The quantitative estimate of drug-likeness (QED) is 0.668. The van der Waals surface area contributed by atoms with E-state index in [-0.39, 0.29) is 0 Å². The predicted octanol–water partition coefficient (Wildman–Crippen LogP) is 4.46. The van der Waals surface area contributed by atoms with Crippen LogP contribution in [0.15, 0.2) is 42.5 Å². The Labute approximate surface area is 93.1 Å². The first-order chi connectivity index (χ1) is 6.77. The van der Waals surface area contributed by atoms with Crippen LogP contribution < -0.4 is 0 Å². The van der Waals surface area contributed by atoms with Crippen molar-refractivity contribution in [3.8, 4) is 11.1 Å². The number of hydrogen-bond acceptors (Lipinski definition) is 0. The van der Waals surface area contributed by atoms with Crippen molar-refractivity contribution in [2.75, 3.05) is 0 Å². The molecule has 0 unspecified atom stereocenters. The van der Waals surface area contributed by atoms with Crippen molar-refractivity contribution in [1.82, 2.24) is 0 Å². The van der Waals surface area contributed by atoms with E-state index >= 15 is 0 Å². The summed E-state index contributed by atoms with van der Waals surface area (Å²) < 4.78 is 0. The van der Waals surface area contributed by atoms with Crippen LogP contribution in [-0.2, 0) is 0 Å². The molecule has 0 saturated heterocycles. The Balaban J connectivity index is 2.48. The molecule has 0 fully saturated rings. The van der Waals surface area contributed by atoms with Gasteiger partial charge >= 0.3 is 0 Å². The summed E-state index contributed by atoms with van der Waals surface area (Å²) in [6.45, 7) is 0. The Kier molecular flexibility index (Phi) is 2.76. The number of benzene rings is 2. The Bertz CT molecular complexity index is 435. The molecule has 2 heteroatoms. The summed E-state index contributed by atoms with van der Waals surface area (Å²) in [5.74, 6) is 0. The van der Waals surface area contributed by atoms with E-state index < -0.39 is 0 Å². The minimum Gasteiger partial charge on any atom is -0.0827 e. The molecule has 0 aliphatic heterocycles. The van der Waals surface area contributed by atoms with Gasteiger partial charge in [-0.05, 0) is 29.3 Å². The van der Waals surface area contributed by atoms with E-state index in [9.17, 15) is 0 Å². The van der Waals surface area contributed by atoms with Gasteiger partial charge in [-0.25, -0.2) is 0 Å². The van der Waals surface area contributed by atoms with E-state index in [0.717, 1.165) is 11.1 Å². The van der Waals surface area contributed by atoms with Gasteiger partial charge in [0.25, 0.3) is 0 Å². The molecule has 0 atom stereocenters. The molecule has 14 heavy (non-hydrogen) atoms. The van der Waals surface area contributed by atoms with Crippen molar-refractivity contribution in [3.63, 3.8) is 0 Å². The van der Waals surface area contributed by atoms with E-state index in [1.54, 1.807) is 6.07 Å². The molecule has 2 aromatic rings. The van der Waals surface area contributed by atoms with Crippen molar-refractivity contribution < 1.29 is 0 Å². The van der Waals surface area contributed by atoms with Gasteiger partial charge in [0, 0.05) is 0 Å². The number of rotatable bonds is 1. The van der Waals surface area contributed by atoms with Gasteiger partial charge < -0.3 is 0 Å². The maximum atomic E-state index is 5.92. The van der Waals surface area contributed by atoms with Crippen molar-refractivity contribution in [2.24, 2.45) is 0 Å². The van der Waals surface area contributed by atoms with Gasteiger partial charge in [-0.3, -0.25) is 0 Å². The lowest BCUT2D eigenvalue weighted by Gasteiger charge is -2.02. The molecule has 0 bridgehead atoms. The van der Waals surface area contributed by atoms with Crippen LogP contribution >= 0.6 is 23.2 Å². The number of halogens is 2. The minimum atomic E-state index is 0.581. The molecule has 0 N–H and O–H groups in total. The Morgan fingerprint density at radius 1 is 0.786 bits per heavy atom. The standard InChI is InChI=1S/C12H7Cl2/c13-11-7-6-10(8-12(11)14)9-4-2-1-3-5-9/h2-8H. The van der Waals surface area contributed by atoms with Gasteiger partial charge in [0.2, 0.25) is 0 Å². The predicted molar refractivity (Wildman–Crippen MR) is 60.7 cm³/mol. The highest BCUT2D eigenvalue weighted by Gasteiger charge is 2.00. The zero-order chi connectivity index (χ0) is 9.97. The monoisotopic (exact) mass is 221 g/mol. The SMILES string of the molecule is Clc1ccc(-c2cc[c]cc2)cc1Cl. The van der Waals surface area contributed by atoms with E-state index in [0.29, 0.717) is 10.0 Å². The molecule has 0 amide bonds. The van der Waals surface area contributed by atoms with Crippen LogP contribution in [-0.4, -0.2) is 0 Å². The second kappa shape index (κ2) is 4.04. The third kappa shape index (κ3) is 1.92. The van der Waals surface area contributed by atoms with Crippen LogP contribution in [0.4, 0.5) is 0 Å². The fourth-order valence-electron chi connectivity index (χ4n) is 1.26. The average molecular weight is 222 g/mol. The molecular weight excluding hydrogens is 215 g/mol. The van der Waals surface area contributed by atoms with E-state index in [4.69, 9.17) is 23.2 Å². The number of hydrogen-bond donors (Lipinski definition) is 0. The van der Waals surface area contributed by atoms with Gasteiger partial charge in [0.05, 0.1) is 10.0 Å². The van der Waals surface area contributed by atoms with Crippen LogP contribution in [0.3, 0.4) is 0 Å². The summed E-state index contributed by atoms with van der Waals surface area (Å²) in [5.41, 5.74) is 2.18. The third-order valence-electron chi connectivity index (χ3n) is 1.97. The van der Waals surface area contributed by atoms with Gasteiger partial charge in [-0.15, -0.1) is 0 Å². The van der Waals surface area contributed by atoms with Crippen LogP contribution in [0.25, 0.3) is 11.1 Å². The third-order valence-corrected chi connectivity index (χ3v) is 2.71. The molecule has 2 rings (SSSR count). The first kappa shape index (κ1) is 9.57. The lowest BCUT2D eigenvalue weighted by atomic mass is 10.1. The fraction of sp³-hybridized carbons (Fsp3) is 0. The van der Waals surface area contributed by atoms with Crippen LogP contribution in [0.2, 0.25) is 10.0 Å². The molecule has 0 spiro atoms. The summed E-state index contributed by atoms with van der Waals surface area (Å²) >= 11 is 11.8. The molecular formula is C12H7Cl2. The maximum absolute atomic E-state index is 5.92. The normalized spacial score (nSPS) is 10.1. The second-order valence-electron chi connectivity index (χ2n) is 2.92. The molecule has 0 aliphatic rings. The highest BCUT2D eigenvalue weighted by atomic mass is 35.5. The Morgan fingerprint density at radius 2 is 1.50 bits per heavy atom. The average Bonchev–Trinajstić information content (AvgIpc) is 2.23. The zero-order valence-corrected chi connectivity index (χ0v) is 8.81. The first-order valence-electron chi connectivity index (χ1n) is 4.19. The highest BCUT2D eigenvalue weighted by molar-refractivity contribution is 6.42. The highest BCUT2D eigenvalue weighted by Crippen LogP contribution is 2.28. The Morgan fingerprint density at radius 3 is 2.14 bits per heavy atom. The van der Waals surface area contributed by atoms with Crippen molar-refractivity contribution in [3.05, 3.63) is 58.6 Å². The summed E-state index contributed by atoms with van der Waals surface area (Å²) in [4.78, 5) is 0. The summed E-state index contributed by atoms with van der Waals surface area (Å²) in [7, 11) is 0. The molecule has 0 saturated carbocycles. The van der Waals surface area contributed by atoms with Gasteiger partial charge in [-0.1, -0.05) is 53.5 Å². The fourth-order valence-corrected chi connectivity index (χ4v) is 1.55. The molecule has 0 nitrogen and oxygen atoms in total. The largest absolute Gasteiger partial charge is 0.0827 e. The summed E-state index contributed by atoms with van der Waals surface area (Å²) in [6, 6.07) is 16.3. The van der Waals surface area contributed by atoms with Crippen molar-refractivity contribution in [2.45, 2.75) is 0 Å². The molecule has 0 aromatic heterocycles. The van der Waals surface area contributed by atoms with E-state index in [2.05, 4.69) is 6.07 Å². The molecule has 69 valence electrons. The summed E-state index contributed by atoms with van der Waals surface area (Å²) in [6.07, 6.45) is 0. The maximum Gasteiger partial charge on any atom is 0.0598 e. The zero-order valence-electron chi connectivity index (χ0n) is 7.30. The lowest BCUT2D eigenvalue weighted by Crippen LogP contribution is -1.77. The van der Waals surface area contributed by atoms with Crippen LogP contribution in [0.5, 0.6) is 0 Å². The molecule has 0 heterocycles. The van der Waals surface area contributed by atoms with Crippen molar-refractivity contribution in [1.29, 1.82) is 0 Å². The lowest BCUT2D eigenvalue weighted by molar-refractivity contribution is 1.61. The Hall–Kier alpha value is -0.980. The van der Waals surface area contributed by atoms with Gasteiger partial charge in [-0.2, -0.15) is 0 Å². The summed E-state index contributed by atoms with van der Waals surface area (Å²) in [5, 5.41) is 1.16. The van der Waals surface area contributed by atoms with Gasteiger partial charge in [0.15, 0.2) is 0 Å². The smallest absolute Gasteiger partial charge is 0.0598 e. The van der Waals surface area contributed by atoms with Gasteiger partial charge in [0.1, 0.15) is 0 Å². The minimum absolute atomic E-state index is 0.581. The molecule has 0 aliphatic carbocycles. The molecule has 2 aromatic carbocycles. The topological polar surface area (TPSA) is 0 Å². The first-order valence-corrected chi connectivity index (χ1v) is 4.94. The molecule has 1 radical (unpaired) electrons.